The smallest absolute Gasteiger partial charge is 0.226 e. The molecule has 0 amide bonds. The Morgan fingerprint density at radius 3 is 2.68 bits per heavy atom. The van der Waals surface area contributed by atoms with Gasteiger partial charge in [-0.3, -0.25) is 4.99 Å². The number of hydrogen-bond donors (Lipinski definition) is 2. The van der Waals surface area contributed by atoms with E-state index in [-0.39, 0.29) is 6.04 Å². The molecule has 1 atom stereocenters. The first kappa shape index (κ1) is 21.0. The summed E-state index contributed by atoms with van der Waals surface area (Å²) in [5, 5.41) is 6.81. The molecular formula is C25H31N5O. The molecule has 0 bridgehead atoms. The van der Waals surface area contributed by atoms with Crippen LogP contribution in [-0.4, -0.2) is 31.1 Å². The highest BCUT2D eigenvalue weighted by molar-refractivity contribution is 5.80. The molecule has 0 saturated carbocycles. The minimum Gasteiger partial charge on any atom is -0.444 e. The van der Waals surface area contributed by atoms with E-state index in [1.54, 1.807) is 13.3 Å². The van der Waals surface area contributed by atoms with E-state index in [0.29, 0.717) is 12.4 Å². The quantitative estimate of drug-likeness (QED) is 0.450. The first-order valence-electron chi connectivity index (χ1n) is 11.0. The number of rotatable bonds is 6. The molecule has 2 N–H and O–H groups in total. The predicted octanol–water partition coefficient (Wildman–Crippen LogP) is 4.68. The van der Waals surface area contributed by atoms with Crippen molar-refractivity contribution in [2.24, 2.45) is 4.99 Å². The van der Waals surface area contributed by atoms with Gasteiger partial charge in [-0.2, -0.15) is 0 Å². The van der Waals surface area contributed by atoms with E-state index in [4.69, 9.17) is 4.42 Å². The molecule has 0 radical (unpaired) electrons. The van der Waals surface area contributed by atoms with Gasteiger partial charge in [0.2, 0.25) is 5.89 Å². The van der Waals surface area contributed by atoms with E-state index < -0.39 is 0 Å². The summed E-state index contributed by atoms with van der Waals surface area (Å²) in [5.74, 6) is 1.37. The fourth-order valence-corrected chi connectivity index (χ4v) is 3.84. The van der Waals surface area contributed by atoms with Crippen molar-refractivity contribution in [2.75, 3.05) is 25.0 Å². The number of nitrogens with zero attached hydrogens (tertiary/aromatic N) is 3. The van der Waals surface area contributed by atoms with Crippen LogP contribution in [0.5, 0.6) is 0 Å². The van der Waals surface area contributed by atoms with Crippen LogP contribution in [-0.2, 0) is 6.54 Å². The Hall–Kier alpha value is -3.28. The van der Waals surface area contributed by atoms with E-state index in [1.165, 1.54) is 29.7 Å². The number of oxazole rings is 1. The normalized spacial score (nSPS) is 15.2. The molecule has 6 nitrogen and oxygen atoms in total. The van der Waals surface area contributed by atoms with Crippen molar-refractivity contribution in [2.45, 2.75) is 39.3 Å². The van der Waals surface area contributed by atoms with Crippen LogP contribution in [0.25, 0.3) is 11.5 Å². The van der Waals surface area contributed by atoms with Crippen LogP contribution in [0.4, 0.5) is 5.69 Å². The second-order valence-electron chi connectivity index (χ2n) is 8.09. The van der Waals surface area contributed by atoms with Crippen molar-refractivity contribution < 1.29 is 4.42 Å². The monoisotopic (exact) mass is 417 g/mol. The molecule has 1 aliphatic rings. The van der Waals surface area contributed by atoms with Crippen molar-refractivity contribution in [1.82, 2.24) is 15.6 Å². The second-order valence-corrected chi connectivity index (χ2v) is 8.09. The highest BCUT2D eigenvalue weighted by Crippen LogP contribution is 2.24. The van der Waals surface area contributed by atoms with Gasteiger partial charge in [0.25, 0.3) is 0 Å². The standard InChI is InChI=1S/C25H31N5O/c1-18-9-11-20(12-10-18)24-29-22(17-31-24)16-27-25(26-3)28-19(2)21-7-6-8-23(15-21)30-13-4-5-14-30/h6-12,15,17,19H,4-5,13-14,16H2,1-3H3,(H2,26,27,28). The number of benzene rings is 2. The zero-order chi connectivity index (χ0) is 21.6. The van der Waals surface area contributed by atoms with Gasteiger partial charge >= 0.3 is 0 Å². The lowest BCUT2D eigenvalue weighted by Gasteiger charge is -2.22. The molecule has 6 heteroatoms. The van der Waals surface area contributed by atoms with E-state index >= 15 is 0 Å². The molecule has 1 aromatic heterocycles. The highest BCUT2D eigenvalue weighted by Gasteiger charge is 2.15. The van der Waals surface area contributed by atoms with Gasteiger partial charge < -0.3 is 20.0 Å². The van der Waals surface area contributed by atoms with Crippen LogP contribution in [0, 0.1) is 6.92 Å². The number of aryl methyl sites for hydroxylation is 1. The molecule has 2 aromatic carbocycles. The van der Waals surface area contributed by atoms with Crippen molar-refractivity contribution in [3.8, 4) is 11.5 Å². The Balaban J connectivity index is 1.35. The Bertz CT molecular complexity index is 1020. The van der Waals surface area contributed by atoms with Gasteiger partial charge in [0.15, 0.2) is 5.96 Å². The van der Waals surface area contributed by atoms with Gasteiger partial charge in [-0.1, -0.05) is 29.8 Å². The minimum absolute atomic E-state index is 0.134. The average molecular weight is 418 g/mol. The summed E-state index contributed by atoms with van der Waals surface area (Å²) in [7, 11) is 1.78. The zero-order valence-electron chi connectivity index (χ0n) is 18.6. The first-order valence-corrected chi connectivity index (χ1v) is 11.0. The summed E-state index contributed by atoms with van der Waals surface area (Å²) in [6.07, 6.45) is 4.25. The summed E-state index contributed by atoms with van der Waals surface area (Å²) in [6, 6.07) is 17.1. The molecule has 0 aliphatic carbocycles. The van der Waals surface area contributed by atoms with Gasteiger partial charge in [0, 0.05) is 31.4 Å². The van der Waals surface area contributed by atoms with Crippen molar-refractivity contribution in [3.63, 3.8) is 0 Å². The minimum atomic E-state index is 0.134. The van der Waals surface area contributed by atoms with Crippen molar-refractivity contribution in [1.29, 1.82) is 0 Å². The van der Waals surface area contributed by atoms with E-state index in [0.717, 1.165) is 30.3 Å². The lowest BCUT2D eigenvalue weighted by atomic mass is 10.1. The van der Waals surface area contributed by atoms with E-state index in [1.807, 2.05) is 12.1 Å². The van der Waals surface area contributed by atoms with Gasteiger partial charge in [0.05, 0.1) is 18.3 Å². The molecule has 162 valence electrons. The summed E-state index contributed by atoms with van der Waals surface area (Å²) in [4.78, 5) is 11.4. The molecular weight excluding hydrogens is 386 g/mol. The zero-order valence-corrected chi connectivity index (χ0v) is 18.6. The Morgan fingerprint density at radius 2 is 1.94 bits per heavy atom. The Kier molecular flexibility index (Phi) is 6.55. The largest absolute Gasteiger partial charge is 0.444 e. The third-order valence-electron chi connectivity index (χ3n) is 5.71. The summed E-state index contributed by atoms with van der Waals surface area (Å²) in [6.45, 7) is 7.06. The number of anilines is 1. The first-order chi connectivity index (χ1) is 15.1. The highest BCUT2D eigenvalue weighted by atomic mass is 16.3. The van der Waals surface area contributed by atoms with Crippen LogP contribution < -0.4 is 15.5 Å². The molecule has 31 heavy (non-hydrogen) atoms. The Labute approximate surface area is 184 Å². The van der Waals surface area contributed by atoms with Crippen LogP contribution in [0.15, 0.2) is 64.2 Å². The second kappa shape index (κ2) is 9.69. The molecule has 0 spiro atoms. The lowest BCUT2D eigenvalue weighted by molar-refractivity contribution is 0.572. The number of guanidine groups is 1. The average Bonchev–Trinajstić information content (AvgIpc) is 3.49. The van der Waals surface area contributed by atoms with Gasteiger partial charge in [-0.25, -0.2) is 4.98 Å². The Morgan fingerprint density at radius 1 is 1.16 bits per heavy atom. The number of aromatic nitrogens is 1. The molecule has 1 aliphatic heterocycles. The SMILES string of the molecule is CN=C(NCc1coc(-c2ccc(C)cc2)n1)NC(C)c1cccc(N2CCCC2)c1. The number of aliphatic imine (C=N–C) groups is 1. The lowest BCUT2D eigenvalue weighted by Crippen LogP contribution is -2.38. The van der Waals surface area contributed by atoms with Gasteiger partial charge in [-0.05, 0) is 56.5 Å². The molecule has 1 fully saturated rings. The molecule has 4 rings (SSSR count). The maximum atomic E-state index is 5.65. The fraction of sp³-hybridized carbons (Fsp3) is 0.360. The topological polar surface area (TPSA) is 65.7 Å². The number of nitrogens with one attached hydrogen (secondary N) is 2. The van der Waals surface area contributed by atoms with Crippen LogP contribution in [0.2, 0.25) is 0 Å². The third kappa shape index (κ3) is 5.26. The summed E-state index contributed by atoms with van der Waals surface area (Å²) < 4.78 is 5.65. The van der Waals surface area contributed by atoms with Crippen LogP contribution >= 0.6 is 0 Å². The molecule has 3 aromatic rings. The van der Waals surface area contributed by atoms with Crippen LogP contribution in [0.3, 0.4) is 0 Å². The van der Waals surface area contributed by atoms with Gasteiger partial charge in [0.1, 0.15) is 6.26 Å². The third-order valence-corrected chi connectivity index (χ3v) is 5.71. The molecule has 1 saturated heterocycles. The maximum Gasteiger partial charge on any atom is 0.226 e. The molecule has 2 heterocycles. The van der Waals surface area contributed by atoms with E-state index in [2.05, 4.69) is 75.8 Å². The fourth-order valence-electron chi connectivity index (χ4n) is 3.84. The van der Waals surface area contributed by atoms with Crippen LogP contribution in [0.1, 0.15) is 42.6 Å². The predicted molar refractivity (Wildman–Crippen MR) is 126 cm³/mol. The maximum absolute atomic E-state index is 5.65. The van der Waals surface area contributed by atoms with Gasteiger partial charge in [-0.15, -0.1) is 0 Å². The number of hydrogen-bond acceptors (Lipinski definition) is 4. The summed E-state index contributed by atoms with van der Waals surface area (Å²) in [5.41, 5.74) is 5.58. The van der Waals surface area contributed by atoms with E-state index in [9.17, 15) is 0 Å². The van der Waals surface area contributed by atoms with Crippen molar-refractivity contribution >= 4 is 11.6 Å². The molecule has 1 unspecified atom stereocenters. The summed E-state index contributed by atoms with van der Waals surface area (Å²) >= 11 is 0. The van der Waals surface area contributed by atoms with Crippen molar-refractivity contribution in [3.05, 3.63) is 71.6 Å².